The van der Waals surface area contributed by atoms with Gasteiger partial charge in [0.25, 0.3) is 11.8 Å². The molecule has 0 aliphatic rings. The lowest BCUT2D eigenvalue weighted by atomic mass is 10.2. The standard InChI is InChI=1S/C19H22N6O3/c1-5-25-17(19(27)22-14-10-20-24(3)12(14)2)15(11-21-25)23-18(26)13-8-6-7-9-16(13)28-4/h6-11H,5H2,1-4H3,(H,22,27)(H,23,26). The number of aromatic nitrogens is 4. The molecule has 0 atom stereocenters. The lowest BCUT2D eigenvalue weighted by Gasteiger charge is -2.11. The van der Waals surface area contributed by atoms with Crippen molar-refractivity contribution < 1.29 is 14.3 Å². The third-order valence-corrected chi connectivity index (χ3v) is 4.44. The van der Waals surface area contributed by atoms with Crippen LogP contribution in [0.5, 0.6) is 5.75 Å². The van der Waals surface area contributed by atoms with Crippen molar-refractivity contribution in [1.82, 2.24) is 19.6 Å². The largest absolute Gasteiger partial charge is 0.496 e. The van der Waals surface area contributed by atoms with Gasteiger partial charge in [-0.2, -0.15) is 10.2 Å². The fourth-order valence-electron chi connectivity index (χ4n) is 2.78. The van der Waals surface area contributed by atoms with Gasteiger partial charge in [0.1, 0.15) is 11.4 Å². The van der Waals surface area contributed by atoms with Crippen LogP contribution < -0.4 is 15.4 Å². The Bertz CT molecular complexity index is 1020. The van der Waals surface area contributed by atoms with Gasteiger partial charge < -0.3 is 15.4 Å². The number of benzene rings is 1. The van der Waals surface area contributed by atoms with Gasteiger partial charge in [0.2, 0.25) is 0 Å². The maximum absolute atomic E-state index is 12.9. The van der Waals surface area contributed by atoms with Crippen molar-refractivity contribution in [3.8, 4) is 5.75 Å². The number of carbonyl (C=O) groups is 2. The highest BCUT2D eigenvalue weighted by molar-refractivity contribution is 6.12. The van der Waals surface area contributed by atoms with Crippen molar-refractivity contribution in [2.24, 2.45) is 7.05 Å². The van der Waals surface area contributed by atoms with Crippen molar-refractivity contribution >= 4 is 23.2 Å². The fourth-order valence-corrected chi connectivity index (χ4v) is 2.78. The quantitative estimate of drug-likeness (QED) is 0.682. The molecule has 3 aromatic rings. The zero-order valence-electron chi connectivity index (χ0n) is 16.2. The Balaban J connectivity index is 1.89. The Morgan fingerprint density at radius 2 is 1.75 bits per heavy atom. The van der Waals surface area contributed by atoms with E-state index in [1.807, 2.05) is 13.8 Å². The number of hydrogen-bond donors (Lipinski definition) is 2. The average Bonchev–Trinajstić information content (AvgIpc) is 3.25. The van der Waals surface area contributed by atoms with E-state index in [4.69, 9.17) is 4.74 Å². The molecule has 0 bridgehead atoms. The molecule has 1 aromatic carbocycles. The number of hydrogen-bond acceptors (Lipinski definition) is 5. The van der Waals surface area contributed by atoms with Gasteiger partial charge in [-0.15, -0.1) is 0 Å². The first-order chi connectivity index (χ1) is 13.5. The first-order valence-corrected chi connectivity index (χ1v) is 8.76. The van der Waals surface area contributed by atoms with Crippen molar-refractivity contribution in [3.63, 3.8) is 0 Å². The van der Waals surface area contributed by atoms with Gasteiger partial charge in [0.05, 0.1) is 42.1 Å². The van der Waals surface area contributed by atoms with Crippen LogP contribution in [0.3, 0.4) is 0 Å². The number of aryl methyl sites for hydroxylation is 2. The summed E-state index contributed by atoms with van der Waals surface area (Å²) in [5.41, 5.74) is 2.35. The van der Waals surface area contributed by atoms with Crippen molar-refractivity contribution in [3.05, 3.63) is 53.6 Å². The molecule has 9 nitrogen and oxygen atoms in total. The minimum Gasteiger partial charge on any atom is -0.496 e. The molecule has 28 heavy (non-hydrogen) atoms. The Hall–Kier alpha value is -3.62. The molecule has 9 heteroatoms. The first kappa shape index (κ1) is 19.2. The van der Waals surface area contributed by atoms with Gasteiger partial charge in [-0.05, 0) is 26.0 Å². The summed E-state index contributed by atoms with van der Waals surface area (Å²) < 4.78 is 8.42. The summed E-state index contributed by atoms with van der Waals surface area (Å²) in [5, 5.41) is 13.9. The van der Waals surface area contributed by atoms with Gasteiger partial charge >= 0.3 is 0 Å². The molecule has 2 heterocycles. The third-order valence-electron chi connectivity index (χ3n) is 4.44. The second-order valence-electron chi connectivity index (χ2n) is 6.10. The minimum atomic E-state index is -0.389. The van der Waals surface area contributed by atoms with Gasteiger partial charge in [0.15, 0.2) is 0 Å². The molecule has 146 valence electrons. The fraction of sp³-hybridized carbons (Fsp3) is 0.263. The first-order valence-electron chi connectivity index (χ1n) is 8.76. The predicted octanol–water partition coefficient (Wildman–Crippen LogP) is 2.46. The van der Waals surface area contributed by atoms with E-state index in [2.05, 4.69) is 20.8 Å². The zero-order chi connectivity index (χ0) is 20.3. The molecule has 0 spiro atoms. The Morgan fingerprint density at radius 1 is 1.07 bits per heavy atom. The normalized spacial score (nSPS) is 10.6. The number of ether oxygens (including phenoxy) is 1. The summed E-state index contributed by atoms with van der Waals surface area (Å²) in [6.07, 6.45) is 3.04. The topological polar surface area (TPSA) is 103 Å². The van der Waals surface area contributed by atoms with Crippen LogP contribution in [0.1, 0.15) is 33.5 Å². The number of anilines is 2. The zero-order valence-corrected chi connectivity index (χ0v) is 16.2. The molecule has 2 aromatic heterocycles. The summed E-state index contributed by atoms with van der Waals surface area (Å²) in [6.45, 7) is 4.19. The van der Waals surface area contributed by atoms with Gasteiger partial charge in [-0.25, -0.2) is 0 Å². The number of amides is 2. The van der Waals surface area contributed by atoms with E-state index >= 15 is 0 Å². The molecule has 2 N–H and O–H groups in total. The van der Waals surface area contributed by atoms with E-state index < -0.39 is 0 Å². The van der Waals surface area contributed by atoms with Crippen LogP contribution in [0.25, 0.3) is 0 Å². The summed E-state index contributed by atoms with van der Waals surface area (Å²) in [4.78, 5) is 25.6. The Morgan fingerprint density at radius 3 is 2.39 bits per heavy atom. The van der Waals surface area contributed by atoms with Gasteiger partial charge in [-0.3, -0.25) is 19.0 Å². The van der Waals surface area contributed by atoms with Crippen molar-refractivity contribution in [2.45, 2.75) is 20.4 Å². The number of nitrogens with zero attached hydrogens (tertiary/aromatic N) is 4. The number of nitrogens with one attached hydrogen (secondary N) is 2. The van der Waals surface area contributed by atoms with E-state index in [1.54, 1.807) is 42.2 Å². The van der Waals surface area contributed by atoms with E-state index in [-0.39, 0.29) is 17.5 Å². The second-order valence-corrected chi connectivity index (χ2v) is 6.10. The van der Waals surface area contributed by atoms with Crippen LogP contribution in [-0.2, 0) is 13.6 Å². The van der Waals surface area contributed by atoms with Gasteiger partial charge in [0, 0.05) is 13.6 Å². The number of carbonyl (C=O) groups excluding carboxylic acids is 2. The van der Waals surface area contributed by atoms with E-state index in [1.165, 1.54) is 18.0 Å². The van der Waals surface area contributed by atoms with Crippen LogP contribution in [-0.4, -0.2) is 38.5 Å². The van der Waals surface area contributed by atoms with Crippen LogP contribution in [0.4, 0.5) is 11.4 Å². The molecule has 0 saturated carbocycles. The molecule has 0 saturated heterocycles. The maximum Gasteiger partial charge on any atom is 0.276 e. The van der Waals surface area contributed by atoms with Crippen LogP contribution >= 0.6 is 0 Å². The number of para-hydroxylation sites is 1. The second kappa shape index (κ2) is 7.95. The highest BCUT2D eigenvalue weighted by Crippen LogP contribution is 2.22. The molecule has 3 rings (SSSR count). The molecule has 0 aliphatic heterocycles. The van der Waals surface area contributed by atoms with Crippen molar-refractivity contribution in [2.75, 3.05) is 17.7 Å². The van der Waals surface area contributed by atoms with E-state index in [0.717, 1.165) is 5.69 Å². The summed E-state index contributed by atoms with van der Waals surface area (Å²) in [7, 11) is 3.29. The smallest absolute Gasteiger partial charge is 0.276 e. The molecule has 2 amide bonds. The Labute approximate surface area is 162 Å². The van der Waals surface area contributed by atoms with Crippen LogP contribution in [0, 0.1) is 6.92 Å². The highest BCUT2D eigenvalue weighted by Gasteiger charge is 2.22. The van der Waals surface area contributed by atoms with E-state index in [9.17, 15) is 9.59 Å². The van der Waals surface area contributed by atoms with E-state index in [0.29, 0.717) is 29.2 Å². The van der Waals surface area contributed by atoms with Crippen LogP contribution in [0.2, 0.25) is 0 Å². The van der Waals surface area contributed by atoms with Gasteiger partial charge in [-0.1, -0.05) is 12.1 Å². The molecule has 0 radical (unpaired) electrons. The molecule has 0 unspecified atom stereocenters. The predicted molar refractivity (Wildman–Crippen MR) is 105 cm³/mol. The highest BCUT2D eigenvalue weighted by atomic mass is 16.5. The lowest BCUT2D eigenvalue weighted by Crippen LogP contribution is -2.21. The number of methoxy groups -OCH3 is 1. The lowest BCUT2D eigenvalue weighted by molar-refractivity contribution is 0.101. The molecular formula is C19H22N6O3. The minimum absolute atomic E-state index is 0.258. The molecule has 0 fully saturated rings. The average molecular weight is 382 g/mol. The molecular weight excluding hydrogens is 360 g/mol. The summed E-state index contributed by atoms with van der Waals surface area (Å²) in [6, 6.07) is 6.87. The monoisotopic (exact) mass is 382 g/mol. The summed E-state index contributed by atoms with van der Waals surface area (Å²) in [5.74, 6) is -0.328. The van der Waals surface area contributed by atoms with Crippen LogP contribution in [0.15, 0.2) is 36.7 Å². The van der Waals surface area contributed by atoms with Crippen molar-refractivity contribution in [1.29, 1.82) is 0 Å². The SMILES string of the molecule is CCn1ncc(NC(=O)c2ccccc2OC)c1C(=O)Nc1cnn(C)c1C. The third kappa shape index (κ3) is 3.59. The number of rotatable bonds is 6. The molecule has 0 aliphatic carbocycles. The summed E-state index contributed by atoms with van der Waals surface area (Å²) >= 11 is 0. The maximum atomic E-state index is 12.9. The Kier molecular flexibility index (Phi) is 5.44.